The molecule has 1 atom stereocenters. The molecule has 0 spiro atoms. The summed E-state index contributed by atoms with van der Waals surface area (Å²) in [6, 6.07) is 6.06. The van der Waals surface area contributed by atoms with Crippen molar-refractivity contribution >= 4 is 23.2 Å². The van der Waals surface area contributed by atoms with Crippen LogP contribution in [0, 0.1) is 0 Å². The van der Waals surface area contributed by atoms with E-state index in [9.17, 15) is 0 Å². The van der Waals surface area contributed by atoms with Crippen molar-refractivity contribution in [3.8, 4) is 0 Å². The summed E-state index contributed by atoms with van der Waals surface area (Å²) < 4.78 is 0. The molecule has 1 N–H and O–H groups in total. The van der Waals surface area contributed by atoms with E-state index in [0.29, 0.717) is 16.1 Å². The van der Waals surface area contributed by atoms with Gasteiger partial charge in [-0.1, -0.05) is 48.7 Å². The third-order valence-electron chi connectivity index (χ3n) is 2.28. The molecule has 0 heterocycles. The Kier molecular flexibility index (Phi) is 4.73. The van der Waals surface area contributed by atoms with Crippen molar-refractivity contribution in [3.05, 3.63) is 33.8 Å². The molecule has 0 amide bonds. The fourth-order valence-corrected chi connectivity index (χ4v) is 1.97. The molecule has 3 heteroatoms. The first-order valence-corrected chi connectivity index (χ1v) is 5.57. The molecule has 0 aliphatic carbocycles. The molecule has 0 aromatic heterocycles. The zero-order valence-electron chi connectivity index (χ0n) is 8.48. The van der Waals surface area contributed by atoms with Gasteiger partial charge in [-0.2, -0.15) is 0 Å². The summed E-state index contributed by atoms with van der Waals surface area (Å²) >= 11 is 12.1. The zero-order valence-corrected chi connectivity index (χ0v) is 9.99. The van der Waals surface area contributed by atoms with Crippen LogP contribution in [0.3, 0.4) is 0 Å². The first-order valence-electron chi connectivity index (χ1n) is 4.81. The number of halogens is 2. The van der Waals surface area contributed by atoms with Crippen LogP contribution in [0.2, 0.25) is 10.0 Å². The van der Waals surface area contributed by atoms with E-state index >= 15 is 0 Å². The normalized spacial score (nSPS) is 12.9. The van der Waals surface area contributed by atoms with E-state index in [1.807, 2.05) is 25.2 Å². The van der Waals surface area contributed by atoms with Gasteiger partial charge in [0.15, 0.2) is 0 Å². The molecule has 1 aromatic rings. The molecule has 1 rings (SSSR count). The van der Waals surface area contributed by atoms with Gasteiger partial charge in [0.1, 0.15) is 0 Å². The minimum Gasteiger partial charge on any atom is -0.313 e. The van der Waals surface area contributed by atoms with Crippen LogP contribution in [0.15, 0.2) is 18.2 Å². The Balaban J connectivity index is 2.97. The molecule has 0 saturated heterocycles. The van der Waals surface area contributed by atoms with Crippen LogP contribution in [0.4, 0.5) is 0 Å². The highest BCUT2D eigenvalue weighted by molar-refractivity contribution is 6.42. The average Bonchev–Trinajstić information content (AvgIpc) is 2.19. The van der Waals surface area contributed by atoms with E-state index in [4.69, 9.17) is 23.2 Å². The largest absolute Gasteiger partial charge is 0.313 e. The van der Waals surface area contributed by atoms with Crippen LogP contribution < -0.4 is 5.32 Å². The molecule has 14 heavy (non-hydrogen) atoms. The van der Waals surface area contributed by atoms with Crippen molar-refractivity contribution in [1.82, 2.24) is 5.32 Å². The standard InChI is InChI=1S/C11H15Cl2N/c1-3-5-10(14-2)8-6-4-7-9(12)11(8)13/h4,6-7,10,14H,3,5H2,1-2H3. The summed E-state index contributed by atoms with van der Waals surface area (Å²) in [6.07, 6.45) is 2.19. The summed E-state index contributed by atoms with van der Waals surface area (Å²) in [4.78, 5) is 0. The molecule has 0 saturated carbocycles. The van der Waals surface area contributed by atoms with Crippen molar-refractivity contribution in [2.24, 2.45) is 0 Å². The Bertz CT molecular complexity index is 299. The highest BCUT2D eigenvalue weighted by Crippen LogP contribution is 2.31. The molecule has 1 unspecified atom stereocenters. The summed E-state index contributed by atoms with van der Waals surface area (Å²) in [5, 5.41) is 4.54. The highest BCUT2D eigenvalue weighted by atomic mass is 35.5. The van der Waals surface area contributed by atoms with Crippen LogP contribution in [-0.4, -0.2) is 7.05 Å². The number of nitrogens with one attached hydrogen (secondary N) is 1. The van der Waals surface area contributed by atoms with Gasteiger partial charge in [0.25, 0.3) is 0 Å². The average molecular weight is 232 g/mol. The smallest absolute Gasteiger partial charge is 0.0640 e. The molecular weight excluding hydrogens is 217 g/mol. The molecule has 0 aliphatic heterocycles. The Labute approximate surface area is 95.4 Å². The van der Waals surface area contributed by atoms with Crippen LogP contribution in [0.1, 0.15) is 31.4 Å². The lowest BCUT2D eigenvalue weighted by Gasteiger charge is -2.17. The zero-order chi connectivity index (χ0) is 10.6. The summed E-state index contributed by atoms with van der Waals surface area (Å²) in [6.45, 7) is 2.16. The summed E-state index contributed by atoms with van der Waals surface area (Å²) in [5.74, 6) is 0. The molecular formula is C11H15Cl2N. The number of hydrogen-bond donors (Lipinski definition) is 1. The lowest BCUT2D eigenvalue weighted by Crippen LogP contribution is -2.16. The van der Waals surface area contributed by atoms with E-state index in [-0.39, 0.29) is 0 Å². The SMILES string of the molecule is CCCC(NC)c1cccc(Cl)c1Cl. The van der Waals surface area contributed by atoms with E-state index < -0.39 is 0 Å². The third kappa shape index (κ3) is 2.63. The van der Waals surface area contributed by atoms with Crippen LogP contribution in [0.5, 0.6) is 0 Å². The van der Waals surface area contributed by atoms with E-state index in [0.717, 1.165) is 18.4 Å². The van der Waals surface area contributed by atoms with Gasteiger partial charge in [-0.15, -0.1) is 0 Å². The first kappa shape index (κ1) is 11.8. The monoisotopic (exact) mass is 231 g/mol. The molecule has 0 bridgehead atoms. The number of rotatable bonds is 4. The van der Waals surface area contributed by atoms with Gasteiger partial charge in [-0.25, -0.2) is 0 Å². The Morgan fingerprint density at radius 2 is 2.07 bits per heavy atom. The molecule has 1 nitrogen and oxygen atoms in total. The Morgan fingerprint density at radius 1 is 1.36 bits per heavy atom. The van der Waals surface area contributed by atoms with Gasteiger partial charge in [0.2, 0.25) is 0 Å². The van der Waals surface area contributed by atoms with Crippen LogP contribution in [0.25, 0.3) is 0 Å². The molecule has 78 valence electrons. The minimum absolute atomic E-state index is 0.297. The second kappa shape index (κ2) is 5.59. The summed E-state index contributed by atoms with van der Waals surface area (Å²) in [5.41, 5.74) is 1.09. The van der Waals surface area contributed by atoms with Crippen molar-refractivity contribution in [1.29, 1.82) is 0 Å². The van der Waals surface area contributed by atoms with Crippen molar-refractivity contribution in [2.75, 3.05) is 7.05 Å². The van der Waals surface area contributed by atoms with Gasteiger partial charge in [0, 0.05) is 6.04 Å². The maximum Gasteiger partial charge on any atom is 0.0640 e. The van der Waals surface area contributed by atoms with Gasteiger partial charge >= 0.3 is 0 Å². The van der Waals surface area contributed by atoms with E-state index in [1.54, 1.807) is 0 Å². The summed E-state index contributed by atoms with van der Waals surface area (Å²) in [7, 11) is 1.94. The van der Waals surface area contributed by atoms with Crippen molar-refractivity contribution in [3.63, 3.8) is 0 Å². The van der Waals surface area contributed by atoms with Gasteiger partial charge < -0.3 is 5.32 Å². The topological polar surface area (TPSA) is 12.0 Å². The Morgan fingerprint density at radius 3 is 2.64 bits per heavy atom. The molecule has 1 aromatic carbocycles. The first-order chi connectivity index (χ1) is 6.70. The second-order valence-corrected chi connectivity index (χ2v) is 4.06. The van der Waals surface area contributed by atoms with Crippen LogP contribution >= 0.6 is 23.2 Å². The van der Waals surface area contributed by atoms with Crippen LogP contribution in [-0.2, 0) is 0 Å². The second-order valence-electron chi connectivity index (χ2n) is 3.27. The predicted octanol–water partition coefficient (Wildman–Crippen LogP) is 4.05. The van der Waals surface area contributed by atoms with Crippen molar-refractivity contribution in [2.45, 2.75) is 25.8 Å². The molecule has 0 aliphatic rings. The van der Waals surface area contributed by atoms with Crippen molar-refractivity contribution < 1.29 is 0 Å². The fraction of sp³-hybridized carbons (Fsp3) is 0.455. The highest BCUT2D eigenvalue weighted by Gasteiger charge is 2.13. The van der Waals surface area contributed by atoms with Gasteiger partial charge in [0.05, 0.1) is 10.0 Å². The predicted molar refractivity (Wildman–Crippen MR) is 63.2 cm³/mol. The van der Waals surface area contributed by atoms with E-state index in [1.165, 1.54) is 0 Å². The lowest BCUT2D eigenvalue weighted by molar-refractivity contribution is 0.542. The third-order valence-corrected chi connectivity index (χ3v) is 3.12. The lowest BCUT2D eigenvalue weighted by atomic mass is 10.0. The van der Waals surface area contributed by atoms with Gasteiger partial charge in [-0.05, 0) is 25.1 Å². The maximum atomic E-state index is 6.13. The number of benzene rings is 1. The quantitative estimate of drug-likeness (QED) is 0.825. The molecule has 0 radical (unpaired) electrons. The number of hydrogen-bond acceptors (Lipinski definition) is 1. The maximum absolute atomic E-state index is 6.13. The van der Waals surface area contributed by atoms with Gasteiger partial charge in [-0.3, -0.25) is 0 Å². The minimum atomic E-state index is 0.297. The fourth-order valence-electron chi connectivity index (χ4n) is 1.53. The van der Waals surface area contributed by atoms with E-state index in [2.05, 4.69) is 12.2 Å². The molecule has 0 fully saturated rings. The Hall–Kier alpha value is -0.240.